The average Bonchev–Trinajstić information content (AvgIpc) is 2.27. The highest BCUT2D eigenvalue weighted by Gasteiger charge is 2.21. The van der Waals surface area contributed by atoms with Crippen molar-refractivity contribution >= 4 is 5.91 Å². The van der Waals surface area contributed by atoms with E-state index < -0.39 is 0 Å². The molecule has 0 aromatic carbocycles. The Balaban J connectivity index is 2.22. The molecule has 1 aliphatic rings. The summed E-state index contributed by atoms with van der Waals surface area (Å²) in [6.45, 7) is 9.39. The second-order valence-corrected chi connectivity index (χ2v) is 5.15. The molecule has 0 bridgehead atoms. The molecule has 0 atom stereocenters. The van der Waals surface area contributed by atoms with E-state index >= 15 is 0 Å². The van der Waals surface area contributed by atoms with E-state index in [1.165, 1.54) is 0 Å². The molecular formula is C13H26N2O. The molecule has 0 aromatic rings. The Bertz CT molecular complexity index is 208. The number of hydrogen-bond acceptors (Lipinski definition) is 2. The highest BCUT2D eigenvalue weighted by atomic mass is 16.2. The Morgan fingerprint density at radius 1 is 1.38 bits per heavy atom. The van der Waals surface area contributed by atoms with E-state index in [4.69, 9.17) is 0 Å². The minimum Gasteiger partial charge on any atom is -0.343 e. The van der Waals surface area contributed by atoms with Crippen LogP contribution in [0, 0.1) is 5.92 Å². The first kappa shape index (κ1) is 13.5. The third kappa shape index (κ3) is 4.52. The first-order chi connectivity index (χ1) is 7.63. The predicted octanol–water partition coefficient (Wildman–Crippen LogP) is 2.02. The lowest BCUT2D eigenvalue weighted by Gasteiger charge is -2.32. The van der Waals surface area contributed by atoms with Crippen molar-refractivity contribution in [2.45, 2.75) is 52.5 Å². The molecule has 1 amide bonds. The van der Waals surface area contributed by atoms with E-state index in [1.807, 2.05) is 4.90 Å². The highest BCUT2D eigenvalue weighted by molar-refractivity contribution is 5.76. The largest absolute Gasteiger partial charge is 0.343 e. The Kier molecular flexibility index (Phi) is 5.81. The molecule has 1 saturated heterocycles. The summed E-state index contributed by atoms with van der Waals surface area (Å²) in [4.78, 5) is 13.9. The van der Waals surface area contributed by atoms with Crippen molar-refractivity contribution < 1.29 is 4.79 Å². The van der Waals surface area contributed by atoms with Crippen LogP contribution in [0.15, 0.2) is 0 Å². The van der Waals surface area contributed by atoms with Gasteiger partial charge < -0.3 is 10.2 Å². The molecular weight excluding hydrogens is 200 g/mol. The molecule has 16 heavy (non-hydrogen) atoms. The third-order valence-electron chi connectivity index (χ3n) is 3.28. The van der Waals surface area contributed by atoms with Crippen LogP contribution >= 0.6 is 0 Å². The zero-order chi connectivity index (χ0) is 12.0. The highest BCUT2D eigenvalue weighted by Crippen LogP contribution is 2.13. The number of piperidine rings is 1. The predicted molar refractivity (Wildman–Crippen MR) is 67.4 cm³/mol. The van der Waals surface area contributed by atoms with E-state index in [0.717, 1.165) is 45.3 Å². The van der Waals surface area contributed by atoms with Gasteiger partial charge >= 0.3 is 0 Å². The van der Waals surface area contributed by atoms with Gasteiger partial charge in [0.15, 0.2) is 0 Å². The van der Waals surface area contributed by atoms with Gasteiger partial charge in [0.1, 0.15) is 0 Å². The van der Waals surface area contributed by atoms with E-state index in [0.29, 0.717) is 17.9 Å². The fourth-order valence-corrected chi connectivity index (χ4v) is 2.19. The number of hydrogen-bond donors (Lipinski definition) is 1. The molecule has 3 nitrogen and oxygen atoms in total. The molecule has 0 aromatic heterocycles. The van der Waals surface area contributed by atoms with Crippen molar-refractivity contribution in [3.63, 3.8) is 0 Å². The van der Waals surface area contributed by atoms with Gasteiger partial charge in [-0.05, 0) is 31.7 Å². The summed E-state index contributed by atoms with van der Waals surface area (Å²) in [6.07, 6.45) is 3.97. The fourth-order valence-electron chi connectivity index (χ4n) is 2.19. The Morgan fingerprint density at radius 2 is 2.00 bits per heavy atom. The molecule has 3 heteroatoms. The molecule has 1 fully saturated rings. The number of likely N-dealkylation sites (tertiary alicyclic amines) is 1. The molecule has 0 radical (unpaired) electrons. The van der Waals surface area contributed by atoms with E-state index in [-0.39, 0.29) is 0 Å². The van der Waals surface area contributed by atoms with Gasteiger partial charge in [-0.3, -0.25) is 4.79 Å². The maximum atomic E-state index is 11.9. The van der Waals surface area contributed by atoms with Gasteiger partial charge in [0.05, 0.1) is 0 Å². The van der Waals surface area contributed by atoms with Gasteiger partial charge in [-0.2, -0.15) is 0 Å². The van der Waals surface area contributed by atoms with Crippen LogP contribution in [-0.4, -0.2) is 36.5 Å². The minimum absolute atomic E-state index is 0.351. The topological polar surface area (TPSA) is 32.3 Å². The minimum atomic E-state index is 0.351. The molecule has 0 saturated carbocycles. The van der Waals surface area contributed by atoms with Gasteiger partial charge in [-0.25, -0.2) is 0 Å². The summed E-state index contributed by atoms with van der Waals surface area (Å²) >= 11 is 0. The number of carbonyl (C=O) groups excluding carboxylic acids is 1. The van der Waals surface area contributed by atoms with Gasteiger partial charge in [0.2, 0.25) is 5.91 Å². The van der Waals surface area contributed by atoms with Crippen LogP contribution < -0.4 is 5.32 Å². The number of nitrogens with zero attached hydrogens (tertiary/aromatic N) is 1. The monoisotopic (exact) mass is 226 g/mol. The lowest BCUT2D eigenvalue weighted by atomic mass is 10.0. The summed E-state index contributed by atoms with van der Waals surface area (Å²) in [5, 5.41) is 3.46. The fraction of sp³-hybridized carbons (Fsp3) is 0.923. The summed E-state index contributed by atoms with van der Waals surface area (Å²) in [7, 11) is 0. The second-order valence-electron chi connectivity index (χ2n) is 5.15. The molecule has 94 valence electrons. The molecule has 0 aliphatic carbocycles. The maximum Gasteiger partial charge on any atom is 0.222 e. The summed E-state index contributed by atoms with van der Waals surface area (Å²) in [6, 6.07) is 0.624. The van der Waals surface area contributed by atoms with Crippen molar-refractivity contribution in [2.75, 3.05) is 19.6 Å². The standard InChI is InChI=1S/C13H26N2O/c1-4-14-12-7-9-15(10-8-12)13(16)6-5-11(2)3/h11-12,14H,4-10H2,1-3H3. The van der Waals surface area contributed by atoms with Crippen LogP contribution in [0.5, 0.6) is 0 Å². The third-order valence-corrected chi connectivity index (χ3v) is 3.28. The smallest absolute Gasteiger partial charge is 0.222 e. The quantitative estimate of drug-likeness (QED) is 0.778. The second kappa shape index (κ2) is 6.89. The van der Waals surface area contributed by atoms with Crippen LogP contribution in [0.1, 0.15) is 46.5 Å². The van der Waals surface area contributed by atoms with Crippen molar-refractivity contribution in [3.05, 3.63) is 0 Å². The summed E-state index contributed by atoms with van der Waals surface area (Å²) in [5.74, 6) is 0.979. The molecule has 1 aliphatic heterocycles. The Hall–Kier alpha value is -0.570. The van der Waals surface area contributed by atoms with Crippen LogP contribution in [0.3, 0.4) is 0 Å². The van der Waals surface area contributed by atoms with Gasteiger partial charge in [0.25, 0.3) is 0 Å². The maximum absolute atomic E-state index is 11.9. The normalized spacial score (nSPS) is 18.1. The Labute approximate surface area is 99.6 Å². The van der Waals surface area contributed by atoms with Crippen molar-refractivity contribution in [3.8, 4) is 0 Å². The average molecular weight is 226 g/mol. The molecule has 0 spiro atoms. The SMILES string of the molecule is CCNC1CCN(C(=O)CCC(C)C)CC1. The van der Waals surface area contributed by atoms with Gasteiger partial charge in [-0.1, -0.05) is 20.8 Å². The van der Waals surface area contributed by atoms with Crippen molar-refractivity contribution in [2.24, 2.45) is 5.92 Å². The first-order valence-corrected chi connectivity index (χ1v) is 6.64. The first-order valence-electron chi connectivity index (χ1n) is 6.64. The molecule has 1 rings (SSSR count). The van der Waals surface area contributed by atoms with Crippen LogP contribution in [-0.2, 0) is 4.79 Å². The van der Waals surface area contributed by atoms with Gasteiger partial charge in [0, 0.05) is 25.6 Å². The number of carbonyl (C=O) groups is 1. The van der Waals surface area contributed by atoms with E-state index in [1.54, 1.807) is 0 Å². The Morgan fingerprint density at radius 3 is 2.50 bits per heavy atom. The molecule has 1 N–H and O–H groups in total. The van der Waals surface area contributed by atoms with Gasteiger partial charge in [-0.15, -0.1) is 0 Å². The van der Waals surface area contributed by atoms with E-state index in [9.17, 15) is 4.79 Å². The van der Waals surface area contributed by atoms with Crippen LogP contribution in [0.4, 0.5) is 0 Å². The lowest BCUT2D eigenvalue weighted by molar-refractivity contribution is -0.132. The summed E-state index contributed by atoms with van der Waals surface area (Å²) < 4.78 is 0. The van der Waals surface area contributed by atoms with E-state index in [2.05, 4.69) is 26.1 Å². The zero-order valence-corrected chi connectivity index (χ0v) is 11.0. The van der Waals surface area contributed by atoms with Crippen LogP contribution in [0.25, 0.3) is 0 Å². The van der Waals surface area contributed by atoms with Crippen molar-refractivity contribution in [1.82, 2.24) is 10.2 Å². The molecule has 0 unspecified atom stereocenters. The molecule has 1 heterocycles. The van der Waals surface area contributed by atoms with Crippen molar-refractivity contribution in [1.29, 1.82) is 0 Å². The zero-order valence-electron chi connectivity index (χ0n) is 11.0. The number of nitrogens with one attached hydrogen (secondary N) is 1. The number of amides is 1. The number of rotatable bonds is 5. The summed E-state index contributed by atoms with van der Waals surface area (Å²) in [5.41, 5.74) is 0. The van der Waals surface area contributed by atoms with Crippen LogP contribution in [0.2, 0.25) is 0 Å². The lowest BCUT2D eigenvalue weighted by Crippen LogP contribution is -2.44.